The molecule has 0 saturated carbocycles. The van der Waals surface area contributed by atoms with Gasteiger partial charge in [0.15, 0.2) is 10.4 Å². The predicted octanol–water partition coefficient (Wildman–Crippen LogP) is 1.95. The van der Waals surface area contributed by atoms with E-state index in [1.807, 2.05) is 0 Å². The maximum atomic E-state index is 11.7. The highest BCUT2D eigenvalue weighted by molar-refractivity contribution is 9.10. The minimum absolute atomic E-state index is 0.259. The van der Waals surface area contributed by atoms with Crippen LogP contribution < -0.4 is 5.32 Å². The molecule has 2 N–H and O–H groups in total. The molecule has 0 bridgehead atoms. The van der Waals surface area contributed by atoms with Gasteiger partial charge in [-0.1, -0.05) is 0 Å². The van der Waals surface area contributed by atoms with E-state index in [9.17, 15) is 9.90 Å². The number of nitrogens with one attached hydrogen (secondary N) is 1. The predicted molar refractivity (Wildman–Crippen MR) is 72.9 cm³/mol. The molecule has 1 fully saturated rings. The van der Waals surface area contributed by atoms with Crippen molar-refractivity contribution in [2.24, 2.45) is 5.92 Å². The molecule has 0 aliphatic carbocycles. The van der Waals surface area contributed by atoms with E-state index in [2.05, 4.69) is 21.2 Å². The molecule has 2 heterocycles. The van der Waals surface area contributed by atoms with E-state index < -0.39 is 0 Å². The van der Waals surface area contributed by atoms with Gasteiger partial charge in [0.1, 0.15) is 0 Å². The number of aliphatic hydroxyl groups excluding tert-OH is 1. The molecule has 1 aliphatic rings. The molecule has 1 aromatic rings. The topological polar surface area (TPSA) is 71.7 Å². The lowest BCUT2D eigenvalue weighted by Crippen LogP contribution is -2.32. The van der Waals surface area contributed by atoms with Gasteiger partial charge in [-0.3, -0.25) is 4.79 Å². The lowest BCUT2D eigenvalue weighted by Gasteiger charge is -2.26. The molecule has 5 nitrogen and oxygen atoms in total. The first-order chi connectivity index (χ1) is 9.16. The summed E-state index contributed by atoms with van der Waals surface area (Å²) in [6.07, 6.45) is 1.95. The summed E-state index contributed by atoms with van der Waals surface area (Å²) in [6.45, 7) is 1.87. The number of aliphatic hydroxyl groups is 1. The molecule has 0 aromatic carbocycles. The molecule has 0 unspecified atom stereocenters. The second kappa shape index (κ2) is 7.07. The number of carbonyl (C=O) groups is 1. The fourth-order valence-corrected chi connectivity index (χ4v) is 2.50. The van der Waals surface area contributed by atoms with Gasteiger partial charge in [0.2, 0.25) is 0 Å². The molecular weight excluding hydrogens is 314 g/mol. The fraction of sp³-hybridized carbons (Fsp3) is 0.615. The Bertz CT molecular complexity index is 415. The molecule has 6 heteroatoms. The van der Waals surface area contributed by atoms with Crippen LogP contribution in [0.4, 0.5) is 0 Å². The second-order valence-electron chi connectivity index (χ2n) is 4.67. The number of furan rings is 1. The van der Waals surface area contributed by atoms with Gasteiger partial charge in [-0.05, 0) is 53.2 Å². The van der Waals surface area contributed by atoms with Crippen molar-refractivity contribution in [3.8, 4) is 0 Å². The van der Waals surface area contributed by atoms with Crippen molar-refractivity contribution in [3.63, 3.8) is 0 Å². The molecular formula is C13H18BrNO4. The lowest BCUT2D eigenvalue weighted by atomic mass is 9.92. The van der Waals surface area contributed by atoms with Gasteiger partial charge in [0, 0.05) is 19.8 Å². The molecule has 1 aromatic heterocycles. The van der Waals surface area contributed by atoms with E-state index in [-0.39, 0.29) is 23.7 Å². The molecule has 2 rings (SSSR count). The van der Waals surface area contributed by atoms with Gasteiger partial charge in [0.25, 0.3) is 5.91 Å². The largest absolute Gasteiger partial charge is 0.444 e. The van der Waals surface area contributed by atoms with Crippen LogP contribution in [0, 0.1) is 5.92 Å². The van der Waals surface area contributed by atoms with Crippen molar-refractivity contribution in [1.29, 1.82) is 0 Å². The summed E-state index contributed by atoms with van der Waals surface area (Å²) < 4.78 is 10.9. The van der Waals surface area contributed by atoms with Gasteiger partial charge in [-0.15, -0.1) is 0 Å². The first kappa shape index (κ1) is 14.6. The Hall–Kier alpha value is -0.850. The zero-order valence-electron chi connectivity index (χ0n) is 10.6. The quantitative estimate of drug-likeness (QED) is 0.865. The summed E-state index contributed by atoms with van der Waals surface area (Å²) in [7, 11) is 0. The van der Waals surface area contributed by atoms with Crippen molar-refractivity contribution < 1.29 is 19.1 Å². The molecule has 0 radical (unpaired) electrons. The Morgan fingerprint density at radius 1 is 1.47 bits per heavy atom. The number of rotatable bonds is 5. The van der Waals surface area contributed by atoms with Gasteiger partial charge in [0.05, 0.1) is 6.10 Å². The molecule has 1 saturated heterocycles. The van der Waals surface area contributed by atoms with Crippen LogP contribution in [0.3, 0.4) is 0 Å². The lowest BCUT2D eigenvalue weighted by molar-refractivity contribution is 0.00525. The van der Waals surface area contributed by atoms with Crippen LogP contribution in [0.15, 0.2) is 21.2 Å². The summed E-state index contributed by atoms with van der Waals surface area (Å²) in [5.74, 6) is 0.292. The highest BCUT2D eigenvalue weighted by atomic mass is 79.9. The van der Waals surface area contributed by atoms with Crippen LogP contribution >= 0.6 is 15.9 Å². The van der Waals surface area contributed by atoms with Gasteiger partial charge < -0.3 is 19.6 Å². The van der Waals surface area contributed by atoms with Gasteiger partial charge in [-0.2, -0.15) is 0 Å². The maximum absolute atomic E-state index is 11.7. The molecule has 0 spiro atoms. The average Bonchev–Trinajstić information content (AvgIpc) is 2.86. The smallest absolute Gasteiger partial charge is 0.287 e. The van der Waals surface area contributed by atoms with Crippen LogP contribution in [0.5, 0.6) is 0 Å². The molecule has 1 aliphatic heterocycles. The van der Waals surface area contributed by atoms with Crippen LogP contribution in [-0.4, -0.2) is 36.9 Å². The standard InChI is InChI=1S/C13H18BrNO4/c14-12-2-1-11(19-12)13(17)15-6-3-10(16)9-4-7-18-8-5-9/h1-2,9-10,16H,3-8H2,(H,15,17)/t10-/m1/s1. The highest BCUT2D eigenvalue weighted by Gasteiger charge is 2.22. The van der Waals surface area contributed by atoms with E-state index in [0.29, 0.717) is 30.8 Å². The summed E-state index contributed by atoms with van der Waals surface area (Å²) >= 11 is 3.15. The van der Waals surface area contributed by atoms with E-state index in [4.69, 9.17) is 9.15 Å². The molecule has 1 amide bonds. The third-order valence-electron chi connectivity index (χ3n) is 3.33. The number of ether oxygens (including phenoxy) is 1. The normalized spacial score (nSPS) is 18.2. The van der Waals surface area contributed by atoms with Crippen molar-refractivity contribution >= 4 is 21.8 Å². The Morgan fingerprint density at radius 2 is 2.21 bits per heavy atom. The molecule has 19 heavy (non-hydrogen) atoms. The zero-order valence-corrected chi connectivity index (χ0v) is 12.2. The summed E-state index contributed by atoms with van der Waals surface area (Å²) in [4.78, 5) is 11.7. The number of hydrogen-bond acceptors (Lipinski definition) is 4. The summed E-state index contributed by atoms with van der Waals surface area (Å²) in [6, 6.07) is 3.28. The van der Waals surface area contributed by atoms with E-state index in [0.717, 1.165) is 12.8 Å². The molecule has 106 valence electrons. The van der Waals surface area contributed by atoms with E-state index in [1.165, 1.54) is 0 Å². The first-order valence-electron chi connectivity index (χ1n) is 6.46. The fourth-order valence-electron chi connectivity index (χ4n) is 2.19. The zero-order chi connectivity index (χ0) is 13.7. The number of carbonyl (C=O) groups excluding carboxylic acids is 1. The van der Waals surface area contributed by atoms with E-state index >= 15 is 0 Å². The Balaban J connectivity index is 1.69. The first-order valence-corrected chi connectivity index (χ1v) is 7.25. The minimum Gasteiger partial charge on any atom is -0.444 e. The Labute approximate surface area is 120 Å². The highest BCUT2D eigenvalue weighted by Crippen LogP contribution is 2.20. The van der Waals surface area contributed by atoms with Crippen LogP contribution in [-0.2, 0) is 4.74 Å². The van der Waals surface area contributed by atoms with Crippen LogP contribution in [0.2, 0.25) is 0 Å². The van der Waals surface area contributed by atoms with Gasteiger partial charge in [-0.25, -0.2) is 0 Å². The van der Waals surface area contributed by atoms with Gasteiger partial charge >= 0.3 is 0 Å². The third-order valence-corrected chi connectivity index (χ3v) is 3.76. The Morgan fingerprint density at radius 3 is 2.84 bits per heavy atom. The van der Waals surface area contributed by atoms with Crippen molar-refractivity contribution in [2.45, 2.75) is 25.4 Å². The van der Waals surface area contributed by atoms with Crippen molar-refractivity contribution in [2.75, 3.05) is 19.8 Å². The minimum atomic E-state index is -0.382. The second-order valence-corrected chi connectivity index (χ2v) is 5.45. The molecule has 1 atom stereocenters. The van der Waals surface area contributed by atoms with Crippen molar-refractivity contribution in [1.82, 2.24) is 5.32 Å². The van der Waals surface area contributed by atoms with E-state index in [1.54, 1.807) is 12.1 Å². The van der Waals surface area contributed by atoms with Crippen LogP contribution in [0.1, 0.15) is 29.8 Å². The third kappa shape index (κ3) is 4.33. The summed E-state index contributed by atoms with van der Waals surface area (Å²) in [5, 5.41) is 12.8. The Kier molecular flexibility index (Phi) is 5.42. The monoisotopic (exact) mass is 331 g/mol. The SMILES string of the molecule is O=C(NCC[C@@H](O)C1CCOCC1)c1ccc(Br)o1. The summed E-state index contributed by atoms with van der Waals surface area (Å²) in [5.41, 5.74) is 0. The maximum Gasteiger partial charge on any atom is 0.287 e. The number of amides is 1. The number of hydrogen-bond donors (Lipinski definition) is 2. The van der Waals surface area contributed by atoms with Crippen molar-refractivity contribution in [3.05, 3.63) is 22.6 Å². The average molecular weight is 332 g/mol. The number of halogens is 1. The van der Waals surface area contributed by atoms with Crippen LogP contribution in [0.25, 0.3) is 0 Å².